The first-order chi connectivity index (χ1) is 41.0. The summed E-state index contributed by atoms with van der Waals surface area (Å²) in [5.74, 6) is 1.60. The van der Waals surface area contributed by atoms with Crippen LogP contribution in [0.2, 0.25) is 0 Å². The van der Waals surface area contributed by atoms with Crippen molar-refractivity contribution in [3.05, 3.63) is 241 Å². The summed E-state index contributed by atoms with van der Waals surface area (Å²) in [5.41, 5.74) is 14.3. The minimum absolute atomic E-state index is 0.000309. The number of rotatable bonds is 9. The second kappa shape index (κ2) is 18.6. The predicted octanol–water partition coefficient (Wildman–Crippen LogP) is 19.5. The number of ether oxygens (including phenoxy) is 1. The van der Waals surface area contributed by atoms with Gasteiger partial charge in [0.15, 0.2) is 0 Å². The summed E-state index contributed by atoms with van der Waals surface area (Å²) in [6.45, 7) is 16.1. The van der Waals surface area contributed by atoms with E-state index in [1.807, 2.05) is 102 Å². The fraction of sp³-hybridized carbons (Fsp3) is 0.181. The van der Waals surface area contributed by atoms with E-state index < -0.39 is 18.1 Å². The number of hydrogen-bond acceptors (Lipinski definition) is 4. The molecule has 0 saturated carbocycles. The van der Waals surface area contributed by atoms with Crippen molar-refractivity contribution in [1.82, 2.24) is 9.55 Å². The first kappa shape index (κ1) is 38.8. The lowest BCUT2D eigenvalue weighted by molar-refractivity contribution is 0.332. The van der Waals surface area contributed by atoms with Crippen molar-refractivity contribution in [3.8, 4) is 61.8 Å². The molecule has 0 bridgehead atoms. The highest BCUT2D eigenvalue weighted by molar-refractivity contribution is 6.09. The van der Waals surface area contributed by atoms with Gasteiger partial charge in [-0.15, -0.1) is 0 Å². The Hall–Kier alpha value is -8.67. The maximum atomic E-state index is 9.17. The average molecular weight is 1010 g/mol. The van der Waals surface area contributed by atoms with E-state index in [-0.39, 0.29) is 58.1 Å². The van der Waals surface area contributed by atoms with E-state index >= 15 is 0 Å². The van der Waals surface area contributed by atoms with Crippen molar-refractivity contribution in [2.75, 3.05) is 16.5 Å². The molecule has 2 aromatic heterocycles. The highest BCUT2D eigenvalue weighted by atomic mass is 16.5. The van der Waals surface area contributed by atoms with Crippen LogP contribution in [0, 0.1) is 0 Å². The van der Waals surface area contributed by atoms with Crippen molar-refractivity contribution in [2.45, 2.75) is 77.6 Å². The van der Waals surface area contributed by atoms with Crippen LogP contribution in [0.4, 0.5) is 22.7 Å². The van der Waals surface area contributed by atoms with Gasteiger partial charge in [-0.2, -0.15) is 0 Å². The monoisotopic (exact) mass is 1010 g/mol. The summed E-state index contributed by atoms with van der Waals surface area (Å²) < 4.78 is 88.5. The number of anilines is 4. The third-order valence-electron chi connectivity index (χ3n) is 15.9. The van der Waals surface area contributed by atoms with Gasteiger partial charge in [0, 0.05) is 45.9 Å². The van der Waals surface area contributed by atoms with Crippen molar-refractivity contribution in [2.24, 2.45) is 0 Å². The second-order valence-corrected chi connectivity index (χ2v) is 22.9. The van der Waals surface area contributed by atoms with E-state index in [1.165, 1.54) is 11.1 Å². The molecule has 378 valence electrons. The van der Waals surface area contributed by atoms with E-state index in [2.05, 4.69) is 125 Å². The van der Waals surface area contributed by atoms with Gasteiger partial charge in [0.05, 0.1) is 40.4 Å². The van der Waals surface area contributed by atoms with Crippen molar-refractivity contribution in [3.63, 3.8) is 0 Å². The van der Waals surface area contributed by atoms with Gasteiger partial charge in [-0.25, -0.2) is 4.98 Å². The van der Waals surface area contributed by atoms with Crippen LogP contribution in [0.3, 0.4) is 0 Å². The van der Waals surface area contributed by atoms with E-state index in [4.69, 9.17) is 22.1 Å². The minimum atomic E-state index is -0.442. The summed E-state index contributed by atoms with van der Waals surface area (Å²) in [6.07, 6.45) is 3.88. The molecule has 0 fully saturated rings. The van der Waals surface area contributed by atoms with Gasteiger partial charge in [-0.1, -0.05) is 182 Å². The van der Waals surface area contributed by atoms with Crippen LogP contribution in [-0.2, 0) is 16.2 Å². The van der Waals surface area contributed by atoms with Gasteiger partial charge in [0.2, 0.25) is 0 Å². The lowest BCUT2D eigenvalue weighted by Gasteiger charge is -2.42. The number of hydrogen-bond donors (Lipinski definition) is 0. The molecule has 0 saturated heterocycles. The maximum Gasteiger partial charge on any atom is 0.137 e. The SMILES string of the molecule is [2H]c1c([2H])c([2H])c(-c2cc(-c3ccccc3)cc(-c3cccc(-c4ccc5c(c4)C(C)(C)CCC5(C)C)c3N3CN(c4cccc(Oc5ccc6c7c([2H])c([2H])c([2H])c([2H])c7n(-c7cc(C(C)(C)C)ccn7)c6c5)c4)c4ccccc43)c2)c([2H])c1[2H]. The lowest BCUT2D eigenvalue weighted by atomic mass is 9.63. The largest absolute Gasteiger partial charge is 0.457 e. The van der Waals surface area contributed by atoms with E-state index in [9.17, 15) is 0 Å². The first-order valence-corrected chi connectivity index (χ1v) is 26.5. The Balaban J connectivity index is 0.963. The zero-order valence-electron chi connectivity index (χ0n) is 53.5. The Morgan fingerprint density at radius 1 is 0.494 bits per heavy atom. The quantitative estimate of drug-likeness (QED) is 0.144. The van der Waals surface area contributed by atoms with Gasteiger partial charge in [-0.3, -0.25) is 4.57 Å². The van der Waals surface area contributed by atoms with Gasteiger partial charge < -0.3 is 14.5 Å². The Bertz CT molecular complexity index is 4570. The minimum Gasteiger partial charge on any atom is -0.457 e. The number of benzene rings is 9. The zero-order valence-corrected chi connectivity index (χ0v) is 44.5. The van der Waals surface area contributed by atoms with Crippen molar-refractivity contribution < 1.29 is 17.1 Å². The Morgan fingerprint density at radius 2 is 1.16 bits per heavy atom. The molecule has 1 aliphatic carbocycles. The predicted molar refractivity (Wildman–Crippen MR) is 323 cm³/mol. The third-order valence-corrected chi connectivity index (χ3v) is 15.9. The maximum absolute atomic E-state index is 9.17. The van der Waals surface area contributed by atoms with Crippen LogP contribution in [0.5, 0.6) is 11.5 Å². The average Bonchev–Trinajstić information content (AvgIpc) is 1.61. The van der Waals surface area contributed by atoms with Gasteiger partial charge in [-0.05, 0) is 152 Å². The topological polar surface area (TPSA) is 33.5 Å². The number of pyridine rings is 1. The molecule has 2 aliphatic rings. The van der Waals surface area contributed by atoms with E-state index in [0.29, 0.717) is 51.4 Å². The molecule has 0 spiro atoms. The van der Waals surface area contributed by atoms with Crippen LogP contribution >= 0.6 is 0 Å². The Morgan fingerprint density at radius 3 is 1.94 bits per heavy atom. The summed E-state index contributed by atoms with van der Waals surface area (Å²) in [4.78, 5) is 9.42. The summed E-state index contributed by atoms with van der Waals surface area (Å²) in [7, 11) is 0. The molecule has 77 heavy (non-hydrogen) atoms. The molecule has 1 aliphatic heterocycles. The molecular formula is C72H64N4O. The Labute approximate surface area is 466 Å². The molecule has 0 atom stereocenters. The number of para-hydroxylation sites is 4. The molecule has 13 rings (SSSR count). The fourth-order valence-electron chi connectivity index (χ4n) is 11.7. The van der Waals surface area contributed by atoms with Gasteiger partial charge in [0.25, 0.3) is 0 Å². The van der Waals surface area contributed by atoms with Crippen LogP contribution in [0.25, 0.3) is 72.1 Å². The van der Waals surface area contributed by atoms with Crippen LogP contribution < -0.4 is 14.5 Å². The van der Waals surface area contributed by atoms with Crippen LogP contribution in [0.15, 0.2) is 224 Å². The van der Waals surface area contributed by atoms with Gasteiger partial charge >= 0.3 is 0 Å². The summed E-state index contributed by atoms with van der Waals surface area (Å²) in [5, 5.41) is 1.05. The fourth-order valence-corrected chi connectivity index (χ4v) is 11.7. The standard InChI is InChI=1S/C72H64N4O/c1-70(2,3)54-36-39-73-68(44-54)76-64-29-15-14-26-60(64)61-34-33-57(46-67(61)76)77-56-25-18-24-55(45-56)74-47-75(66-31-17-16-30-65(66)74)69-58(50-32-35-62-63(43-50)72(6,7)38-37-71(62,4)5)27-19-28-59(69)53-41-51(48-20-10-8-11-21-48)40-52(42-53)49-22-12-9-13-23-49/h8-36,39-46H,37-38,47H2,1-7H3/i8D,10D,11D,14D,15D,20D,21D,26D,29D. The molecule has 3 heterocycles. The molecular weight excluding hydrogens is 937 g/mol. The molecule has 0 unspecified atom stereocenters. The molecule has 5 heteroatoms. The summed E-state index contributed by atoms with van der Waals surface area (Å²) in [6, 6.07) is 52.6. The van der Waals surface area contributed by atoms with Crippen molar-refractivity contribution >= 4 is 44.6 Å². The van der Waals surface area contributed by atoms with Gasteiger partial charge in [0.1, 0.15) is 24.0 Å². The number of aromatic nitrogens is 2. The van der Waals surface area contributed by atoms with E-state index in [0.717, 1.165) is 74.5 Å². The highest BCUT2D eigenvalue weighted by Gasteiger charge is 2.38. The molecule has 0 N–H and O–H groups in total. The molecule has 9 aromatic carbocycles. The first-order valence-electron chi connectivity index (χ1n) is 31.0. The van der Waals surface area contributed by atoms with Crippen LogP contribution in [-0.4, -0.2) is 16.2 Å². The summed E-state index contributed by atoms with van der Waals surface area (Å²) >= 11 is 0. The Kier molecular flexibility index (Phi) is 9.36. The molecule has 0 amide bonds. The number of nitrogens with zero attached hydrogens (tertiary/aromatic N) is 4. The van der Waals surface area contributed by atoms with Crippen molar-refractivity contribution in [1.29, 1.82) is 0 Å². The zero-order chi connectivity index (χ0) is 60.5. The third kappa shape index (κ3) is 8.64. The molecule has 5 nitrogen and oxygen atoms in total. The molecule has 11 aromatic rings. The number of fused-ring (bicyclic) bond motifs is 5. The molecule has 0 radical (unpaired) electrons. The smallest absolute Gasteiger partial charge is 0.137 e. The normalized spacial score (nSPS) is 16.3. The van der Waals surface area contributed by atoms with E-state index in [1.54, 1.807) is 6.20 Å². The highest BCUT2D eigenvalue weighted by Crippen LogP contribution is 2.53. The lowest BCUT2D eigenvalue weighted by Crippen LogP contribution is -2.33. The van der Waals surface area contributed by atoms with Crippen LogP contribution in [0.1, 0.15) is 90.3 Å². The second-order valence-electron chi connectivity index (χ2n) is 22.9.